The molecule has 3 nitrogen and oxygen atoms in total. The Labute approximate surface area is 74.0 Å². The van der Waals surface area contributed by atoms with Crippen LogP contribution in [0.3, 0.4) is 0 Å². The summed E-state index contributed by atoms with van der Waals surface area (Å²) in [5.74, 6) is -1.22. The highest BCUT2D eigenvalue weighted by atomic mass is 19.3. The van der Waals surface area contributed by atoms with Gasteiger partial charge >= 0.3 is 6.43 Å². The zero-order valence-electron chi connectivity index (χ0n) is 6.83. The fourth-order valence-corrected chi connectivity index (χ4v) is 1.26. The second-order valence-corrected chi connectivity index (χ2v) is 2.61. The molecule has 0 spiro atoms. The number of aliphatic hydroxyl groups excluding tert-OH is 1. The van der Waals surface area contributed by atoms with Gasteiger partial charge in [0.1, 0.15) is 6.26 Å². The second-order valence-electron chi connectivity index (χ2n) is 2.61. The SMILES string of the molecule is O=C(C(F)F)N1CCCC1=C=CO. The van der Waals surface area contributed by atoms with Crippen LogP contribution in [0.1, 0.15) is 12.8 Å². The minimum Gasteiger partial charge on any atom is -0.507 e. The molecule has 1 saturated heterocycles. The lowest BCUT2D eigenvalue weighted by Gasteiger charge is -2.14. The van der Waals surface area contributed by atoms with Gasteiger partial charge in [0.2, 0.25) is 0 Å². The van der Waals surface area contributed by atoms with Gasteiger partial charge in [0.15, 0.2) is 0 Å². The van der Waals surface area contributed by atoms with E-state index < -0.39 is 12.3 Å². The van der Waals surface area contributed by atoms with E-state index in [0.717, 1.165) is 4.90 Å². The average Bonchev–Trinajstić information content (AvgIpc) is 2.52. The third kappa shape index (κ3) is 2.06. The Morgan fingerprint density at radius 1 is 1.69 bits per heavy atom. The summed E-state index contributed by atoms with van der Waals surface area (Å²) in [6.45, 7) is 0.277. The normalized spacial score (nSPS) is 16.2. The molecule has 0 aromatic carbocycles. The molecule has 1 fully saturated rings. The Bertz CT molecular complexity index is 269. The third-order valence-electron chi connectivity index (χ3n) is 1.80. The van der Waals surface area contributed by atoms with Crippen molar-refractivity contribution in [2.45, 2.75) is 19.3 Å². The first-order valence-corrected chi connectivity index (χ1v) is 3.84. The maximum atomic E-state index is 12.0. The van der Waals surface area contributed by atoms with E-state index in [1.807, 2.05) is 0 Å². The smallest absolute Gasteiger partial charge is 0.316 e. The van der Waals surface area contributed by atoms with Crippen LogP contribution < -0.4 is 0 Å². The van der Waals surface area contributed by atoms with Crippen molar-refractivity contribution in [2.24, 2.45) is 0 Å². The van der Waals surface area contributed by atoms with Crippen molar-refractivity contribution >= 4 is 5.91 Å². The highest BCUT2D eigenvalue weighted by Gasteiger charge is 2.29. The molecule has 1 aliphatic rings. The summed E-state index contributed by atoms with van der Waals surface area (Å²) in [6.07, 6.45) is -1.23. The van der Waals surface area contributed by atoms with E-state index in [1.165, 1.54) is 0 Å². The van der Waals surface area contributed by atoms with E-state index in [-0.39, 0.29) is 6.54 Å². The van der Waals surface area contributed by atoms with Crippen molar-refractivity contribution in [1.29, 1.82) is 0 Å². The van der Waals surface area contributed by atoms with Crippen molar-refractivity contribution in [1.82, 2.24) is 4.90 Å². The van der Waals surface area contributed by atoms with Gasteiger partial charge in [0, 0.05) is 6.54 Å². The summed E-state index contributed by atoms with van der Waals surface area (Å²) in [5.41, 5.74) is 2.68. The number of likely N-dealkylation sites (tertiary alicyclic amines) is 1. The fraction of sp³-hybridized carbons (Fsp3) is 0.500. The van der Waals surface area contributed by atoms with E-state index in [9.17, 15) is 13.6 Å². The molecule has 1 heterocycles. The Kier molecular flexibility index (Phi) is 3.03. The molecule has 0 unspecified atom stereocenters. The van der Waals surface area contributed by atoms with E-state index in [4.69, 9.17) is 5.11 Å². The third-order valence-corrected chi connectivity index (χ3v) is 1.80. The molecule has 0 aromatic rings. The predicted molar refractivity (Wildman–Crippen MR) is 41.2 cm³/mol. The number of allylic oxidation sites excluding steroid dienone is 1. The second kappa shape index (κ2) is 4.05. The predicted octanol–water partition coefficient (Wildman–Crippen LogP) is 1.43. The van der Waals surface area contributed by atoms with E-state index in [0.29, 0.717) is 24.8 Å². The Balaban J connectivity index is 2.81. The molecule has 5 heteroatoms. The molecular formula is C8H9F2NO2. The van der Waals surface area contributed by atoms with Crippen molar-refractivity contribution in [3.05, 3.63) is 17.7 Å². The van der Waals surface area contributed by atoms with Crippen molar-refractivity contribution in [2.75, 3.05) is 6.54 Å². The fourth-order valence-electron chi connectivity index (χ4n) is 1.26. The number of halogens is 2. The molecule has 1 N–H and O–H groups in total. The van der Waals surface area contributed by atoms with Crippen LogP contribution in [-0.2, 0) is 4.79 Å². The first kappa shape index (κ1) is 9.74. The minimum atomic E-state index is -2.99. The van der Waals surface area contributed by atoms with Crippen molar-refractivity contribution < 1.29 is 18.7 Å². The zero-order chi connectivity index (χ0) is 9.84. The van der Waals surface area contributed by atoms with Gasteiger partial charge in [-0.1, -0.05) is 5.73 Å². The quantitative estimate of drug-likeness (QED) is 0.500. The van der Waals surface area contributed by atoms with Gasteiger partial charge in [-0.3, -0.25) is 4.79 Å². The Hall–Kier alpha value is -1.35. The largest absolute Gasteiger partial charge is 0.507 e. The van der Waals surface area contributed by atoms with Gasteiger partial charge in [-0.2, -0.15) is 8.78 Å². The Morgan fingerprint density at radius 2 is 2.38 bits per heavy atom. The number of hydrogen-bond donors (Lipinski definition) is 1. The monoisotopic (exact) mass is 189 g/mol. The summed E-state index contributed by atoms with van der Waals surface area (Å²) in [5, 5.41) is 8.38. The van der Waals surface area contributed by atoms with Gasteiger partial charge in [-0.25, -0.2) is 0 Å². The summed E-state index contributed by atoms with van der Waals surface area (Å²) < 4.78 is 24.0. The molecule has 0 aliphatic carbocycles. The van der Waals surface area contributed by atoms with Crippen LogP contribution in [0.5, 0.6) is 0 Å². The van der Waals surface area contributed by atoms with E-state index >= 15 is 0 Å². The maximum Gasteiger partial charge on any atom is 0.316 e. The molecule has 72 valence electrons. The molecule has 1 amide bonds. The molecule has 0 radical (unpaired) electrons. The van der Waals surface area contributed by atoms with Crippen LogP contribution in [0.15, 0.2) is 17.7 Å². The topological polar surface area (TPSA) is 40.5 Å². The summed E-state index contributed by atoms with van der Waals surface area (Å²) in [4.78, 5) is 11.8. The first-order chi connectivity index (χ1) is 6.16. The van der Waals surface area contributed by atoms with E-state index in [2.05, 4.69) is 5.73 Å². The molecule has 0 aromatic heterocycles. The molecule has 13 heavy (non-hydrogen) atoms. The van der Waals surface area contributed by atoms with Gasteiger partial charge in [0.25, 0.3) is 5.91 Å². The lowest BCUT2D eigenvalue weighted by atomic mass is 10.3. The van der Waals surface area contributed by atoms with Crippen LogP contribution in [0.4, 0.5) is 8.78 Å². The number of rotatable bonds is 1. The minimum absolute atomic E-state index is 0.277. The number of nitrogens with zero attached hydrogens (tertiary/aromatic N) is 1. The molecule has 0 saturated carbocycles. The maximum absolute atomic E-state index is 12.0. The summed E-state index contributed by atoms with van der Waals surface area (Å²) in [6, 6.07) is 0. The molecule has 1 rings (SSSR count). The lowest BCUT2D eigenvalue weighted by molar-refractivity contribution is -0.140. The van der Waals surface area contributed by atoms with Crippen LogP contribution >= 0.6 is 0 Å². The molecular weight excluding hydrogens is 180 g/mol. The molecule has 0 bridgehead atoms. The highest BCUT2D eigenvalue weighted by Crippen LogP contribution is 2.21. The van der Waals surface area contributed by atoms with Gasteiger partial charge in [-0.05, 0) is 12.8 Å². The van der Waals surface area contributed by atoms with Gasteiger partial charge in [0.05, 0.1) is 5.70 Å². The number of amides is 1. The van der Waals surface area contributed by atoms with Crippen molar-refractivity contribution in [3.8, 4) is 0 Å². The Morgan fingerprint density at radius 3 is 2.92 bits per heavy atom. The van der Waals surface area contributed by atoms with Crippen LogP contribution in [0.2, 0.25) is 0 Å². The van der Waals surface area contributed by atoms with Crippen LogP contribution in [-0.4, -0.2) is 28.9 Å². The van der Waals surface area contributed by atoms with Gasteiger partial charge < -0.3 is 10.0 Å². The standard InChI is InChI=1S/C8H9F2NO2/c9-7(10)8(13)11-4-1-2-6(11)3-5-12/h5,7,12H,1-2,4H2. The van der Waals surface area contributed by atoms with Crippen molar-refractivity contribution in [3.63, 3.8) is 0 Å². The van der Waals surface area contributed by atoms with Gasteiger partial charge in [-0.15, -0.1) is 0 Å². The summed E-state index contributed by atoms with van der Waals surface area (Å²) in [7, 11) is 0. The number of carbonyl (C=O) groups is 1. The highest BCUT2D eigenvalue weighted by molar-refractivity contribution is 5.81. The van der Waals surface area contributed by atoms with Crippen LogP contribution in [0, 0.1) is 0 Å². The number of alkyl halides is 2. The number of carbonyl (C=O) groups excluding carboxylic acids is 1. The number of aliphatic hydroxyl groups is 1. The number of hydrogen-bond acceptors (Lipinski definition) is 2. The average molecular weight is 189 g/mol. The molecule has 1 aliphatic heterocycles. The van der Waals surface area contributed by atoms with Crippen LogP contribution in [0.25, 0.3) is 0 Å². The lowest BCUT2D eigenvalue weighted by Crippen LogP contribution is -2.31. The first-order valence-electron chi connectivity index (χ1n) is 3.84. The molecule has 0 atom stereocenters. The zero-order valence-corrected chi connectivity index (χ0v) is 6.83. The van der Waals surface area contributed by atoms with E-state index in [1.54, 1.807) is 0 Å². The summed E-state index contributed by atoms with van der Waals surface area (Å²) >= 11 is 0.